The van der Waals surface area contributed by atoms with Crippen molar-refractivity contribution in [2.45, 2.75) is 26.3 Å². The molecular weight excluding hydrogens is 342 g/mol. The van der Waals surface area contributed by atoms with E-state index in [1.807, 2.05) is 6.92 Å². The molecule has 0 heterocycles. The molecule has 2 amide bonds. The Bertz CT molecular complexity index is 764. The van der Waals surface area contributed by atoms with Gasteiger partial charge in [0.05, 0.1) is 12.2 Å². The Morgan fingerprint density at radius 3 is 2.50 bits per heavy atom. The van der Waals surface area contributed by atoms with Crippen LogP contribution in [-0.4, -0.2) is 18.6 Å². The molecule has 2 N–H and O–H groups in total. The van der Waals surface area contributed by atoms with Gasteiger partial charge >= 0.3 is 12.0 Å². The Hall–Kier alpha value is -2.96. The van der Waals surface area contributed by atoms with Crippen molar-refractivity contribution in [3.63, 3.8) is 0 Å². The van der Waals surface area contributed by atoms with E-state index >= 15 is 0 Å². The maximum absolute atomic E-state index is 13.5. The Morgan fingerprint density at radius 1 is 1.08 bits per heavy atom. The molecule has 2 rings (SSSR count). The van der Waals surface area contributed by atoms with Gasteiger partial charge in [-0.3, -0.25) is 0 Å². The normalized spacial score (nSPS) is 10.3. The largest absolute Gasteiger partial charge is 0.462 e. The van der Waals surface area contributed by atoms with Crippen LogP contribution in [0.1, 0.15) is 35.7 Å². The Kier molecular flexibility index (Phi) is 7.08. The number of esters is 1. The fourth-order valence-corrected chi connectivity index (χ4v) is 2.11. The lowest BCUT2D eigenvalue weighted by Crippen LogP contribution is -2.28. The maximum atomic E-state index is 13.5. The quantitative estimate of drug-likeness (QED) is 0.572. The highest BCUT2D eigenvalue weighted by Gasteiger charge is 2.09. The molecule has 0 saturated carbocycles. The predicted octanol–water partition coefficient (Wildman–Crippen LogP) is 4.24. The fraction of sp³-hybridized carbons (Fsp3) is 0.263. The van der Waals surface area contributed by atoms with E-state index in [0.29, 0.717) is 17.9 Å². The SMILES string of the molecule is CCCCOC(=O)c1ccc(NC(=O)NCc2cc(F)ccc2F)cc1. The molecule has 0 unspecified atom stereocenters. The Balaban J connectivity index is 1.85. The van der Waals surface area contributed by atoms with Crippen LogP contribution < -0.4 is 10.6 Å². The number of benzene rings is 2. The van der Waals surface area contributed by atoms with Crippen LogP contribution in [0.2, 0.25) is 0 Å². The Morgan fingerprint density at radius 2 is 1.81 bits per heavy atom. The zero-order valence-electron chi connectivity index (χ0n) is 14.4. The first kappa shape index (κ1) is 19.4. The minimum Gasteiger partial charge on any atom is -0.462 e. The van der Waals surface area contributed by atoms with Crippen molar-refractivity contribution in [3.05, 3.63) is 65.2 Å². The molecule has 0 bridgehead atoms. The number of urea groups is 1. The molecule has 0 aliphatic carbocycles. The van der Waals surface area contributed by atoms with Gasteiger partial charge in [0.1, 0.15) is 11.6 Å². The summed E-state index contributed by atoms with van der Waals surface area (Å²) in [6.07, 6.45) is 1.74. The molecule has 0 saturated heterocycles. The molecule has 0 fully saturated rings. The smallest absolute Gasteiger partial charge is 0.338 e. The lowest BCUT2D eigenvalue weighted by atomic mass is 10.2. The number of anilines is 1. The van der Waals surface area contributed by atoms with E-state index in [9.17, 15) is 18.4 Å². The van der Waals surface area contributed by atoms with Crippen LogP contribution in [0.5, 0.6) is 0 Å². The van der Waals surface area contributed by atoms with Crippen LogP contribution in [0.25, 0.3) is 0 Å². The second-order valence-corrected chi connectivity index (χ2v) is 5.61. The number of halogens is 2. The van der Waals surface area contributed by atoms with Crippen molar-refractivity contribution in [1.82, 2.24) is 5.32 Å². The molecule has 138 valence electrons. The van der Waals surface area contributed by atoms with Gasteiger partial charge in [0.2, 0.25) is 0 Å². The van der Waals surface area contributed by atoms with Gasteiger partial charge in [0.15, 0.2) is 0 Å². The van der Waals surface area contributed by atoms with Gasteiger partial charge in [0.25, 0.3) is 0 Å². The standard InChI is InChI=1S/C19H20F2N2O3/c1-2-3-10-26-18(24)13-4-7-16(8-5-13)23-19(25)22-12-14-11-15(20)6-9-17(14)21/h4-9,11H,2-3,10,12H2,1H3,(H2,22,23,25). The van der Waals surface area contributed by atoms with E-state index in [1.165, 1.54) is 12.1 Å². The molecule has 26 heavy (non-hydrogen) atoms. The molecule has 2 aromatic rings. The zero-order valence-corrected chi connectivity index (χ0v) is 14.4. The number of nitrogens with one attached hydrogen (secondary N) is 2. The van der Waals surface area contributed by atoms with Gasteiger partial charge in [-0.1, -0.05) is 13.3 Å². The highest BCUT2D eigenvalue weighted by Crippen LogP contribution is 2.12. The molecule has 0 aromatic heterocycles. The lowest BCUT2D eigenvalue weighted by Gasteiger charge is -2.09. The molecule has 2 aromatic carbocycles. The average molecular weight is 362 g/mol. The van der Waals surface area contributed by atoms with E-state index in [2.05, 4.69) is 10.6 Å². The van der Waals surface area contributed by atoms with Gasteiger partial charge in [-0.25, -0.2) is 18.4 Å². The number of hydrogen-bond acceptors (Lipinski definition) is 3. The van der Waals surface area contributed by atoms with Crippen molar-refractivity contribution in [2.24, 2.45) is 0 Å². The van der Waals surface area contributed by atoms with Crippen LogP contribution in [0.3, 0.4) is 0 Å². The summed E-state index contributed by atoms with van der Waals surface area (Å²) in [5, 5.41) is 4.99. The minimum absolute atomic E-state index is 0.0466. The average Bonchev–Trinajstić information content (AvgIpc) is 2.63. The molecule has 5 nitrogen and oxygen atoms in total. The number of rotatable bonds is 7. The second kappa shape index (κ2) is 9.50. The zero-order chi connectivity index (χ0) is 18.9. The maximum Gasteiger partial charge on any atom is 0.338 e. The van der Waals surface area contributed by atoms with Crippen molar-refractivity contribution < 1.29 is 23.1 Å². The first-order valence-corrected chi connectivity index (χ1v) is 8.25. The van der Waals surface area contributed by atoms with Crippen molar-refractivity contribution in [2.75, 3.05) is 11.9 Å². The molecular formula is C19H20F2N2O3. The van der Waals surface area contributed by atoms with Crippen LogP contribution >= 0.6 is 0 Å². The van der Waals surface area contributed by atoms with Crippen LogP contribution in [0.15, 0.2) is 42.5 Å². The van der Waals surface area contributed by atoms with Crippen molar-refractivity contribution in [3.8, 4) is 0 Å². The van der Waals surface area contributed by atoms with Gasteiger partial charge in [-0.05, 0) is 48.9 Å². The third kappa shape index (κ3) is 5.84. The second-order valence-electron chi connectivity index (χ2n) is 5.61. The Labute approximate surface area is 150 Å². The molecule has 0 atom stereocenters. The molecule has 0 aliphatic heterocycles. The molecule has 0 spiro atoms. The summed E-state index contributed by atoms with van der Waals surface area (Å²) in [5.41, 5.74) is 0.881. The van der Waals surface area contributed by atoms with Crippen LogP contribution in [-0.2, 0) is 11.3 Å². The van der Waals surface area contributed by atoms with Gasteiger partial charge in [-0.2, -0.15) is 0 Å². The molecule has 7 heteroatoms. The first-order chi connectivity index (χ1) is 12.5. The van der Waals surface area contributed by atoms with Crippen molar-refractivity contribution >= 4 is 17.7 Å². The monoisotopic (exact) mass is 362 g/mol. The van der Waals surface area contributed by atoms with Gasteiger partial charge in [-0.15, -0.1) is 0 Å². The van der Waals surface area contributed by atoms with E-state index in [4.69, 9.17) is 4.74 Å². The van der Waals surface area contributed by atoms with Crippen LogP contribution in [0.4, 0.5) is 19.3 Å². The molecule has 0 radical (unpaired) electrons. The number of ether oxygens (including phenoxy) is 1. The fourth-order valence-electron chi connectivity index (χ4n) is 2.11. The summed E-state index contributed by atoms with van der Waals surface area (Å²) in [7, 11) is 0. The van der Waals surface area contributed by atoms with E-state index in [1.54, 1.807) is 12.1 Å². The summed E-state index contributed by atoms with van der Waals surface area (Å²) < 4.78 is 31.7. The first-order valence-electron chi connectivity index (χ1n) is 8.25. The summed E-state index contributed by atoms with van der Waals surface area (Å²) in [4.78, 5) is 23.6. The topological polar surface area (TPSA) is 67.4 Å². The number of carbonyl (C=O) groups is 2. The highest BCUT2D eigenvalue weighted by molar-refractivity contribution is 5.92. The summed E-state index contributed by atoms with van der Waals surface area (Å²) in [6.45, 7) is 2.22. The number of unbranched alkanes of at least 4 members (excludes halogenated alkanes) is 1. The third-order valence-electron chi connectivity index (χ3n) is 3.56. The molecule has 0 aliphatic rings. The van der Waals surface area contributed by atoms with E-state index < -0.39 is 23.6 Å². The van der Waals surface area contributed by atoms with Gasteiger partial charge in [0, 0.05) is 17.8 Å². The lowest BCUT2D eigenvalue weighted by molar-refractivity contribution is 0.0500. The van der Waals surface area contributed by atoms with Crippen LogP contribution in [0, 0.1) is 11.6 Å². The predicted molar refractivity (Wildman–Crippen MR) is 93.8 cm³/mol. The van der Waals surface area contributed by atoms with Crippen molar-refractivity contribution in [1.29, 1.82) is 0 Å². The summed E-state index contributed by atoms with van der Waals surface area (Å²) in [6, 6.07) is 8.64. The number of carbonyl (C=O) groups excluding carboxylic acids is 2. The van der Waals surface area contributed by atoms with Gasteiger partial charge < -0.3 is 15.4 Å². The summed E-state index contributed by atoms with van der Waals surface area (Å²) >= 11 is 0. The summed E-state index contributed by atoms with van der Waals surface area (Å²) in [5.74, 6) is -1.60. The minimum atomic E-state index is -0.599. The van der Waals surface area contributed by atoms with E-state index in [-0.39, 0.29) is 12.1 Å². The number of hydrogen-bond donors (Lipinski definition) is 2. The third-order valence-corrected chi connectivity index (χ3v) is 3.56. The van der Waals surface area contributed by atoms with E-state index in [0.717, 1.165) is 31.0 Å². The highest BCUT2D eigenvalue weighted by atomic mass is 19.1. The number of amides is 2.